The zero-order valence-electron chi connectivity index (χ0n) is 12.8. The quantitative estimate of drug-likeness (QED) is 0.897. The highest BCUT2D eigenvalue weighted by atomic mass is 16.3. The van der Waals surface area contributed by atoms with Crippen LogP contribution in [0, 0.1) is 5.41 Å². The second-order valence-corrected chi connectivity index (χ2v) is 7.21. The van der Waals surface area contributed by atoms with Crippen LogP contribution in [0.1, 0.15) is 60.6 Å². The van der Waals surface area contributed by atoms with Gasteiger partial charge in [0, 0.05) is 18.2 Å². The maximum Gasteiger partial charge on any atom is 0.0888 e. The fourth-order valence-corrected chi connectivity index (χ4v) is 1.62. The summed E-state index contributed by atoms with van der Waals surface area (Å²) in [5.41, 5.74) is 0.879. The molecule has 0 atom stereocenters. The molecular weight excluding hydrogens is 226 g/mol. The average Bonchev–Trinajstić information content (AvgIpc) is 2.64. The van der Waals surface area contributed by atoms with Gasteiger partial charge in [0.05, 0.1) is 11.2 Å². The smallest absolute Gasteiger partial charge is 0.0888 e. The van der Waals surface area contributed by atoms with E-state index in [1.54, 1.807) is 0 Å². The number of hydrogen-bond donors (Lipinski definition) is 1. The minimum atomic E-state index is -0.200. The van der Waals surface area contributed by atoms with Crippen LogP contribution in [0.15, 0.2) is 6.20 Å². The molecular formula is C14H27N3O. The number of aliphatic hydroxyl groups is 1. The van der Waals surface area contributed by atoms with Crippen molar-refractivity contribution < 1.29 is 5.11 Å². The van der Waals surface area contributed by atoms with Crippen LogP contribution in [-0.2, 0) is 11.0 Å². The molecule has 1 heterocycles. The van der Waals surface area contributed by atoms with Crippen molar-refractivity contribution in [1.82, 2.24) is 15.0 Å². The van der Waals surface area contributed by atoms with Crippen LogP contribution in [0.25, 0.3) is 0 Å². The number of nitrogens with zero attached hydrogens (tertiary/aromatic N) is 3. The number of aliphatic hydroxyl groups excluding tert-OH is 1. The SMILES string of the molecule is CC(C)(CCO)n1cc(C(C)(C)C(C)(C)C)nn1. The molecule has 0 unspecified atom stereocenters. The molecule has 1 aromatic rings. The molecule has 0 saturated heterocycles. The van der Waals surface area contributed by atoms with Gasteiger partial charge < -0.3 is 5.11 Å². The summed E-state index contributed by atoms with van der Waals surface area (Å²) in [7, 11) is 0. The third kappa shape index (κ3) is 2.74. The highest BCUT2D eigenvalue weighted by molar-refractivity contribution is 5.14. The summed E-state index contributed by atoms with van der Waals surface area (Å²) in [5.74, 6) is 0. The maximum absolute atomic E-state index is 9.10. The van der Waals surface area contributed by atoms with E-state index < -0.39 is 0 Å². The summed E-state index contributed by atoms with van der Waals surface area (Å²) in [6, 6.07) is 0. The van der Waals surface area contributed by atoms with Gasteiger partial charge in [0.2, 0.25) is 0 Å². The van der Waals surface area contributed by atoms with Crippen LogP contribution in [0.3, 0.4) is 0 Å². The summed E-state index contributed by atoms with van der Waals surface area (Å²) in [5, 5.41) is 17.7. The van der Waals surface area contributed by atoms with Crippen molar-refractivity contribution >= 4 is 0 Å². The molecule has 4 heteroatoms. The van der Waals surface area contributed by atoms with Crippen LogP contribution >= 0.6 is 0 Å². The molecule has 0 spiro atoms. The van der Waals surface area contributed by atoms with Crippen molar-refractivity contribution in [2.45, 2.75) is 65.8 Å². The second kappa shape index (κ2) is 4.65. The van der Waals surface area contributed by atoms with E-state index >= 15 is 0 Å². The summed E-state index contributed by atoms with van der Waals surface area (Å²) in [6.45, 7) is 15.3. The van der Waals surface area contributed by atoms with Crippen molar-refractivity contribution in [1.29, 1.82) is 0 Å². The van der Waals surface area contributed by atoms with E-state index in [9.17, 15) is 0 Å². The zero-order chi connectivity index (χ0) is 14.2. The molecule has 1 N–H and O–H groups in total. The Labute approximate surface area is 110 Å². The molecule has 0 aromatic carbocycles. The Morgan fingerprint density at radius 2 is 1.67 bits per heavy atom. The zero-order valence-corrected chi connectivity index (χ0v) is 12.8. The summed E-state index contributed by atoms with van der Waals surface area (Å²) in [6.07, 6.45) is 2.69. The van der Waals surface area contributed by atoms with Gasteiger partial charge in [-0.2, -0.15) is 0 Å². The third-order valence-electron chi connectivity index (χ3n) is 4.35. The van der Waals surface area contributed by atoms with Crippen molar-refractivity contribution in [2.24, 2.45) is 5.41 Å². The molecule has 0 fully saturated rings. The van der Waals surface area contributed by atoms with Gasteiger partial charge in [-0.1, -0.05) is 39.8 Å². The lowest BCUT2D eigenvalue weighted by atomic mass is 9.67. The average molecular weight is 253 g/mol. The molecule has 0 aliphatic heterocycles. The first-order valence-corrected chi connectivity index (χ1v) is 6.56. The Balaban J connectivity index is 3.08. The molecule has 0 bridgehead atoms. The minimum absolute atomic E-state index is 0.0411. The molecule has 0 aliphatic rings. The van der Waals surface area contributed by atoms with Gasteiger partial charge in [-0.05, 0) is 25.7 Å². The molecule has 0 amide bonds. The molecule has 0 radical (unpaired) electrons. The van der Waals surface area contributed by atoms with Gasteiger partial charge in [0.15, 0.2) is 0 Å². The first kappa shape index (κ1) is 15.2. The lowest BCUT2D eigenvalue weighted by Gasteiger charge is -2.37. The number of rotatable bonds is 4. The van der Waals surface area contributed by atoms with Crippen LogP contribution in [-0.4, -0.2) is 26.7 Å². The van der Waals surface area contributed by atoms with Crippen molar-refractivity contribution in [3.63, 3.8) is 0 Å². The van der Waals surface area contributed by atoms with Crippen molar-refractivity contribution in [2.75, 3.05) is 6.61 Å². The van der Waals surface area contributed by atoms with E-state index in [1.807, 2.05) is 10.9 Å². The van der Waals surface area contributed by atoms with Crippen LogP contribution in [0.2, 0.25) is 0 Å². The molecule has 104 valence electrons. The largest absolute Gasteiger partial charge is 0.396 e. The minimum Gasteiger partial charge on any atom is -0.396 e. The predicted octanol–water partition coefficient (Wildman–Crippen LogP) is 2.72. The van der Waals surface area contributed by atoms with E-state index in [4.69, 9.17) is 5.11 Å². The first-order chi connectivity index (χ1) is 8.02. The predicted molar refractivity (Wildman–Crippen MR) is 73.5 cm³/mol. The number of hydrogen-bond acceptors (Lipinski definition) is 3. The summed E-state index contributed by atoms with van der Waals surface area (Å²) < 4.78 is 1.87. The Morgan fingerprint density at radius 3 is 2.11 bits per heavy atom. The van der Waals surface area contributed by atoms with Crippen LogP contribution < -0.4 is 0 Å². The van der Waals surface area contributed by atoms with Crippen LogP contribution in [0.4, 0.5) is 0 Å². The Morgan fingerprint density at radius 1 is 1.11 bits per heavy atom. The summed E-state index contributed by atoms with van der Waals surface area (Å²) in [4.78, 5) is 0. The lowest BCUT2D eigenvalue weighted by Crippen LogP contribution is -2.34. The van der Waals surface area contributed by atoms with Gasteiger partial charge >= 0.3 is 0 Å². The topological polar surface area (TPSA) is 50.9 Å². The van der Waals surface area contributed by atoms with Gasteiger partial charge in [-0.25, -0.2) is 4.68 Å². The Kier molecular flexibility index (Phi) is 3.92. The lowest BCUT2D eigenvalue weighted by molar-refractivity contribution is 0.198. The highest BCUT2D eigenvalue weighted by Gasteiger charge is 2.37. The maximum atomic E-state index is 9.10. The molecule has 0 aliphatic carbocycles. The van der Waals surface area contributed by atoms with Crippen LogP contribution in [0.5, 0.6) is 0 Å². The van der Waals surface area contributed by atoms with Gasteiger partial charge in [-0.3, -0.25) is 0 Å². The van der Waals surface area contributed by atoms with Gasteiger partial charge in [0.1, 0.15) is 0 Å². The van der Waals surface area contributed by atoms with Gasteiger partial charge in [-0.15, -0.1) is 5.10 Å². The summed E-state index contributed by atoms with van der Waals surface area (Å²) >= 11 is 0. The van der Waals surface area contributed by atoms with E-state index in [-0.39, 0.29) is 23.0 Å². The Hall–Kier alpha value is -0.900. The fraction of sp³-hybridized carbons (Fsp3) is 0.857. The normalized spacial score (nSPS) is 14.0. The van der Waals surface area contributed by atoms with Crippen molar-refractivity contribution in [3.8, 4) is 0 Å². The standard InChI is InChI=1S/C14H27N3O/c1-12(2,3)14(6,7)11-10-17(16-15-11)13(4,5)8-9-18/h10,18H,8-9H2,1-7H3. The van der Waals surface area contributed by atoms with Gasteiger partial charge in [0.25, 0.3) is 0 Å². The van der Waals surface area contributed by atoms with E-state index in [2.05, 4.69) is 58.8 Å². The molecule has 18 heavy (non-hydrogen) atoms. The molecule has 4 nitrogen and oxygen atoms in total. The first-order valence-electron chi connectivity index (χ1n) is 6.56. The highest BCUT2D eigenvalue weighted by Crippen LogP contribution is 2.40. The third-order valence-corrected chi connectivity index (χ3v) is 4.35. The number of aromatic nitrogens is 3. The Bertz CT molecular complexity index is 399. The monoisotopic (exact) mass is 253 g/mol. The molecule has 0 saturated carbocycles. The second-order valence-electron chi connectivity index (χ2n) is 7.21. The molecule has 1 rings (SSSR count). The van der Waals surface area contributed by atoms with E-state index in [0.29, 0.717) is 6.42 Å². The van der Waals surface area contributed by atoms with E-state index in [1.165, 1.54) is 0 Å². The fourth-order valence-electron chi connectivity index (χ4n) is 1.62. The molecule has 1 aromatic heterocycles. The van der Waals surface area contributed by atoms with E-state index in [0.717, 1.165) is 5.69 Å². The van der Waals surface area contributed by atoms with Crippen molar-refractivity contribution in [3.05, 3.63) is 11.9 Å².